The minimum atomic E-state index is 0.271. The van der Waals surface area contributed by atoms with Gasteiger partial charge in [0.2, 0.25) is 0 Å². The van der Waals surface area contributed by atoms with E-state index in [4.69, 9.17) is 0 Å². The molecule has 0 aliphatic rings. The van der Waals surface area contributed by atoms with Gasteiger partial charge in [0.1, 0.15) is 18.4 Å². The number of rotatable bonds is 4. The fraction of sp³-hybridized carbons (Fsp3) is 0.0714. The quantitative estimate of drug-likeness (QED) is 0.756. The molecule has 0 saturated carbocycles. The predicted molar refractivity (Wildman–Crippen MR) is 74.6 cm³/mol. The average Bonchev–Trinajstić information content (AvgIpc) is 3.01. The van der Waals surface area contributed by atoms with Gasteiger partial charge in [0.15, 0.2) is 5.82 Å². The van der Waals surface area contributed by atoms with Gasteiger partial charge >= 0.3 is 0 Å². The molecule has 0 atom stereocenters. The molecule has 0 aliphatic carbocycles. The Hall–Kier alpha value is -2.89. The summed E-state index contributed by atoms with van der Waals surface area (Å²) in [5.41, 5.74) is 2.00. The second-order valence-corrected chi connectivity index (χ2v) is 4.27. The number of benzene rings is 1. The molecule has 6 nitrogen and oxygen atoms in total. The maximum Gasteiger partial charge on any atom is 0.155 e. The van der Waals surface area contributed by atoms with Gasteiger partial charge in [-0.25, -0.2) is 14.6 Å². The van der Waals surface area contributed by atoms with E-state index in [9.17, 15) is 5.11 Å². The summed E-state index contributed by atoms with van der Waals surface area (Å²) in [6, 6.07) is 10.9. The molecular weight excluding hydrogens is 254 g/mol. The molecule has 1 aromatic carbocycles. The van der Waals surface area contributed by atoms with Gasteiger partial charge in [-0.1, -0.05) is 12.1 Å². The Bertz CT molecular complexity index is 662. The molecule has 100 valence electrons. The van der Waals surface area contributed by atoms with E-state index < -0.39 is 0 Å². The van der Waals surface area contributed by atoms with Crippen molar-refractivity contribution in [3.8, 4) is 11.6 Å². The lowest BCUT2D eigenvalue weighted by molar-refractivity contribution is 0.475. The molecule has 0 radical (unpaired) electrons. The van der Waals surface area contributed by atoms with Crippen LogP contribution >= 0.6 is 0 Å². The number of phenolic OH excluding ortho intramolecular Hbond substituents is 1. The van der Waals surface area contributed by atoms with Crippen molar-refractivity contribution in [1.29, 1.82) is 0 Å². The molecule has 0 aliphatic heterocycles. The van der Waals surface area contributed by atoms with E-state index in [1.807, 2.05) is 24.3 Å². The zero-order valence-electron chi connectivity index (χ0n) is 10.6. The first-order chi connectivity index (χ1) is 9.81. The van der Waals surface area contributed by atoms with Gasteiger partial charge in [-0.05, 0) is 29.8 Å². The Balaban J connectivity index is 1.65. The minimum Gasteiger partial charge on any atom is -0.508 e. The molecule has 0 fully saturated rings. The first-order valence-electron chi connectivity index (χ1n) is 6.14. The van der Waals surface area contributed by atoms with E-state index in [0.29, 0.717) is 6.54 Å². The number of nitrogens with zero attached hydrogens (tertiary/aromatic N) is 4. The normalized spacial score (nSPS) is 10.4. The van der Waals surface area contributed by atoms with Crippen LogP contribution in [0.3, 0.4) is 0 Å². The molecule has 2 aromatic heterocycles. The summed E-state index contributed by atoms with van der Waals surface area (Å²) in [7, 11) is 0. The highest BCUT2D eigenvalue weighted by molar-refractivity contribution is 5.44. The summed E-state index contributed by atoms with van der Waals surface area (Å²) in [5.74, 6) is 0.991. The molecule has 2 N–H and O–H groups in total. The number of hydrogen-bond acceptors (Lipinski definition) is 5. The number of anilines is 1. The predicted octanol–water partition coefficient (Wildman–Crippen LogP) is 1.98. The van der Waals surface area contributed by atoms with E-state index in [1.54, 1.807) is 29.3 Å². The van der Waals surface area contributed by atoms with Crippen LogP contribution in [0.15, 0.2) is 55.2 Å². The third kappa shape index (κ3) is 2.74. The lowest BCUT2D eigenvalue weighted by atomic mass is 10.2. The number of aromatic nitrogens is 4. The average molecular weight is 267 g/mol. The summed E-state index contributed by atoms with van der Waals surface area (Å²) in [6.07, 6.45) is 4.82. The van der Waals surface area contributed by atoms with E-state index in [2.05, 4.69) is 20.4 Å². The number of nitrogens with one attached hydrogen (secondary N) is 1. The maximum atomic E-state index is 9.22. The first-order valence-corrected chi connectivity index (χ1v) is 6.14. The number of phenols is 1. The molecule has 0 unspecified atom stereocenters. The van der Waals surface area contributed by atoms with Crippen LogP contribution in [0.4, 0.5) is 5.69 Å². The lowest BCUT2D eigenvalue weighted by Gasteiger charge is -2.07. The van der Waals surface area contributed by atoms with Crippen LogP contribution in [0.5, 0.6) is 5.75 Å². The second kappa shape index (κ2) is 5.40. The van der Waals surface area contributed by atoms with Crippen LogP contribution in [0, 0.1) is 0 Å². The molecule has 0 spiro atoms. The lowest BCUT2D eigenvalue weighted by Crippen LogP contribution is -2.02. The van der Waals surface area contributed by atoms with Crippen LogP contribution in [0.1, 0.15) is 5.56 Å². The molecule has 3 rings (SSSR count). The topological polar surface area (TPSA) is 75.9 Å². The van der Waals surface area contributed by atoms with Crippen molar-refractivity contribution in [2.45, 2.75) is 6.54 Å². The minimum absolute atomic E-state index is 0.271. The fourth-order valence-electron chi connectivity index (χ4n) is 1.77. The van der Waals surface area contributed by atoms with Crippen molar-refractivity contribution >= 4 is 5.69 Å². The smallest absolute Gasteiger partial charge is 0.155 e. The van der Waals surface area contributed by atoms with Crippen LogP contribution < -0.4 is 5.32 Å². The highest BCUT2D eigenvalue weighted by atomic mass is 16.3. The third-order valence-corrected chi connectivity index (χ3v) is 2.83. The largest absolute Gasteiger partial charge is 0.508 e. The monoisotopic (exact) mass is 267 g/mol. The summed E-state index contributed by atoms with van der Waals surface area (Å²) in [4.78, 5) is 8.19. The Labute approximate surface area is 115 Å². The highest BCUT2D eigenvalue weighted by Gasteiger charge is 1.99. The first kappa shape index (κ1) is 12.2. The maximum absolute atomic E-state index is 9.22. The zero-order chi connectivity index (χ0) is 13.8. The van der Waals surface area contributed by atoms with Gasteiger partial charge in [0, 0.05) is 6.54 Å². The molecule has 0 bridgehead atoms. The Morgan fingerprint density at radius 1 is 1.10 bits per heavy atom. The molecule has 20 heavy (non-hydrogen) atoms. The van der Waals surface area contributed by atoms with Crippen molar-refractivity contribution < 1.29 is 5.11 Å². The van der Waals surface area contributed by atoms with Crippen LogP contribution in [-0.2, 0) is 6.54 Å². The van der Waals surface area contributed by atoms with Crippen molar-refractivity contribution in [2.24, 2.45) is 0 Å². The summed E-state index contributed by atoms with van der Waals surface area (Å²) < 4.78 is 1.60. The summed E-state index contributed by atoms with van der Waals surface area (Å²) in [5, 5.41) is 16.5. The molecular formula is C14H13N5O. The van der Waals surface area contributed by atoms with Crippen LogP contribution in [0.2, 0.25) is 0 Å². The SMILES string of the molecule is Oc1ccc(CNc2ccc(-n3cncn3)nc2)cc1. The van der Waals surface area contributed by atoms with Crippen molar-refractivity contribution in [2.75, 3.05) is 5.32 Å². The third-order valence-electron chi connectivity index (χ3n) is 2.83. The Kier molecular flexibility index (Phi) is 3.28. The van der Waals surface area contributed by atoms with Gasteiger partial charge < -0.3 is 10.4 Å². The highest BCUT2D eigenvalue weighted by Crippen LogP contribution is 2.13. The summed E-state index contributed by atoms with van der Waals surface area (Å²) in [6.45, 7) is 0.671. The molecule has 2 heterocycles. The van der Waals surface area contributed by atoms with E-state index in [1.165, 1.54) is 6.33 Å². The van der Waals surface area contributed by atoms with Crippen LogP contribution in [0.25, 0.3) is 5.82 Å². The Morgan fingerprint density at radius 3 is 2.60 bits per heavy atom. The van der Waals surface area contributed by atoms with Crippen LogP contribution in [-0.4, -0.2) is 24.9 Å². The number of pyridine rings is 1. The zero-order valence-corrected chi connectivity index (χ0v) is 10.6. The van der Waals surface area contributed by atoms with Crippen molar-refractivity contribution in [1.82, 2.24) is 19.7 Å². The second-order valence-electron chi connectivity index (χ2n) is 4.27. The Morgan fingerprint density at radius 2 is 1.95 bits per heavy atom. The van der Waals surface area contributed by atoms with Gasteiger partial charge in [0.25, 0.3) is 0 Å². The van der Waals surface area contributed by atoms with Crippen molar-refractivity contribution in [3.05, 3.63) is 60.8 Å². The van der Waals surface area contributed by atoms with E-state index in [-0.39, 0.29) is 5.75 Å². The standard InChI is InChI=1S/C14H13N5O/c20-13-4-1-11(2-5-13)7-16-12-3-6-14(17-8-12)19-10-15-9-18-19/h1-6,8-10,16,20H,7H2. The number of aromatic hydroxyl groups is 1. The molecule has 0 saturated heterocycles. The van der Waals surface area contributed by atoms with Gasteiger partial charge in [-0.3, -0.25) is 0 Å². The van der Waals surface area contributed by atoms with E-state index in [0.717, 1.165) is 17.1 Å². The number of hydrogen-bond donors (Lipinski definition) is 2. The van der Waals surface area contributed by atoms with E-state index >= 15 is 0 Å². The summed E-state index contributed by atoms with van der Waals surface area (Å²) >= 11 is 0. The van der Waals surface area contributed by atoms with Gasteiger partial charge in [0.05, 0.1) is 11.9 Å². The molecule has 6 heteroatoms. The fourth-order valence-corrected chi connectivity index (χ4v) is 1.77. The molecule has 3 aromatic rings. The van der Waals surface area contributed by atoms with Crippen molar-refractivity contribution in [3.63, 3.8) is 0 Å². The molecule has 0 amide bonds. The van der Waals surface area contributed by atoms with Gasteiger partial charge in [-0.15, -0.1) is 0 Å². The van der Waals surface area contributed by atoms with Gasteiger partial charge in [-0.2, -0.15) is 5.10 Å².